The first-order valence-electron chi connectivity index (χ1n) is 6.83. The van der Waals surface area contributed by atoms with E-state index in [0.717, 1.165) is 10.6 Å². The summed E-state index contributed by atoms with van der Waals surface area (Å²) in [7, 11) is 0. The van der Waals surface area contributed by atoms with Crippen LogP contribution < -0.4 is 10.1 Å². The molecule has 2 rings (SSSR count). The molecule has 5 nitrogen and oxygen atoms in total. The lowest BCUT2D eigenvalue weighted by Gasteiger charge is -2.10. The first kappa shape index (κ1) is 15.4. The zero-order valence-corrected chi connectivity index (χ0v) is 13.2. The maximum absolute atomic E-state index is 11.8. The fraction of sp³-hybridized carbons (Fsp3) is 0.400. The van der Waals surface area contributed by atoms with Crippen molar-refractivity contribution < 1.29 is 9.53 Å². The molecule has 0 fully saturated rings. The third-order valence-electron chi connectivity index (χ3n) is 3.09. The standard InChI is InChI=1S/C15H19N3O2S/c1-10(2)12-5-4-6-13(7-12)20-9-15(19)16-8-14-11(3)17-18-21-14/h4-7,10H,8-9H2,1-3H3,(H,16,19). The number of nitrogens with zero attached hydrogens (tertiary/aromatic N) is 2. The lowest BCUT2D eigenvalue weighted by Crippen LogP contribution is -2.28. The van der Waals surface area contributed by atoms with E-state index >= 15 is 0 Å². The van der Waals surface area contributed by atoms with Crippen LogP contribution >= 0.6 is 11.5 Å². The molecule has 1 heterocycles. The molecule has 0 atom stereocenters. The number of carbonyl (C=O) groups is 1. The van der Waals surface area contributed by atoms with E-state index in [4.69, 9.17) is 4.74 Å². The van der Waals surface area contributed by atoms with Crippen LogP contribution in [0.3, 0.4) is 0 Å². The molecule has 0 spiro atoms. The number of ether oxygens (including phenoxy) is 1. The normalized spacial score (nSPS) is 10.7. The Hall–Kier alpha value is -1.95. The summed E-state index contributed by atoms with van der Waals surface area (Å²) in [5, 5.41) is 6.70. The third-order valence-corrected chi connectivity index (χ3v) is 3.91. The second-order valence-corrected chi connectivity index (χ2v) is 5.91. The number of amides is 1. The molecule has 0 bridgehead atoms. The van der Waals surface area contributed by atoms with E-state index in [1.165, 1.54) is 17.1 Å². The maximum atomic E-state index is 11.8. The summed E-state index contributed by atoms with van der Waals surface area (Å²) in [4.78, 5) is 12.7. The van der Waals surface area contributed by atoms with Gasteiger partial charge in [-0.05, 0) is 42.1 Å². The molecule has 2 aromatic rings. The number of aromatic nitrogens is 2. The number of carbonyl (C=O) groups excluding carboxylic acids is 1. The molecule has 1 N–H and O–H groups in total. The van der Waals surface area contributed by atoms with Crippen molar-refractivity contribution in [3.8, 4) is 5.75 Å². The van der Waals surface area contributed by atoms with E-state index in [9.17, 15) is 4.79 Å². The van der Waals surface area contributed by atoms with Crippen LogP contribution in [-0.2, 0) is 11.3 Å². The SMILES string of the molecule is Cc1nnsc1CNC(=O)COc1cccc(C(C)C)c1. The minimum absolute atomic E-state index is 0.00677. The van der Waals surface area contributed by atoms with Gasteiger partial charge in [-0.3, -0.25) is 4.79 Å². The number of rotatable bonds is 6. The van der Waals surface area contributed by atoms with Gasteiger partial charge >= 0.3 is 0 Å². The third kappa shape index (κ3) is 4.53. The van der Waals surface area contributed by atoms with Crippen molar-refractivity contribution in [3.05, 3.63) is 40.4 Å². The van der Waals surface area contributed by atoms with Crippen LogP contribution in [-0.4, -0.2) is 22.1 Å². The molecule has 0 saturated heterocycles. The van der Waals surface area contributed by atoms with E-state index in [0.29, 0.717) is 18.2 Å². The first-order valence-corrected chi connectivity index (χ1v) is 7.61. The summed E-state index contributed by atoms with van der Waals surface area (Å²) in [6, 6.07) is 7.82. The van der Waals surface area contributed by atoms with E-state index in [1.807, 2.05) is 25.1 Å². The Morgan fingerprint density at radius 3 is 2.90 bits per heavy atom. The van der Waals surface area contributed by atoms with Crippen LogP contribution in [0.25, 0.3) is 0 Å². The van der Waals surface area contributed by atoms with Crippen LogP contribution in [0.4, 0.5) is 0 Å². The van der Waals surface area contributed by atoms with Gasteiger partial charge < -0.3 is 10.1 Å². The zero-order valence-electron chi connectivity index (χ0n) is 12.4. The van der Waals surface area contributed by atoms with Crippen LogP contribution in [0.5, 0.6) is 5.75 Å². The van der Waals surface area contributed by atoms with Gasteiger partial charge in [0.15, 0.2) is 6.61 Å². The van der Waals surface area contributed by atoms with Gasteiger partial charge in [0.1, 0.15) is 5.75 Å². The lowest BCUT2D eigenvalue weighted by atomic mass is 10.0. The lowest BCUT2D eigenvalue weighted by molar-refractivity contribution is -0.123. The van der Waals surface area contributed by atoms with E-state index in [-0.39, 0.29) is 12.5 Å². The van der Waals surface area contributed by atoms with Crippen molar-refractivity contribution in [1.82, 2.24) is 14.9 Å². The highest BCUT2D eigenvalue weighted by molar-refractivity contribution is 7.05. The van der Waals surface area contributed by atoms with Gasteiger partial charge in [-0.1, -0.05) is 30.5 Å². The summed E-state index contributed by atoms with van der Waals surface area (Å²) in [6.07, 6.45) is 0. The maximum Gasteiger partial charge on any atom is 0.258 e. The van der Waals surface area contributed by atoms with Crippen molar-refractivity contribution in [2.75, 3.05) is 6.61 Å². The highest BCUT2D eigenvalue weighted by Crippen LogP contribution is 2.19. The fourth-order valence-corrected chi connectivity index (χ4v) is 2.33. The fourth-order valence-electron chi connectivity index (χ4n) is 1.76. The molecule has 0 aliphatic carbocycles. The average molecular weight is 305 g/mol. The Kier molecular flexibility index (Phi) is 5.27. The highest BCUT2D eigenvalue weighted by atomic mass is 32.1. The van der Waals surface area contributed by atoms with Gasteiger partial charge in [0, 0.05) is 0 Å². The van der Waals surface area contributed by atoms with Crippen molar-refractivity contribution in [2.45, 2.75) is 33.2 Å². The van der Waals surface area contributed by atoms with E-state index in [2.05, 4.69) is 34.8 Å². The molecule has 112 valence electrons. The molecule has 0 aliphatic heterocycles. The molecule has 21 heavy (non-hydrogen) atoms. The topological polar surface area (TPSA) is 64.1 Å². The van der Waals surface area contributed by atoms with E-state index < -0.39 is 0 Å². The highest BCUT2D eigenvalue weighted by Gasteiger charge is 2.07. The molecule has 0 aliphatic rings. The Bertz CT molecular complexity index is 610. The molecule has 1 aromatic carbocycles. The van der Waals surface area contributed by atoms with Gasteiger partial charge in [0.25, 0.3) is 5.91 Å². The quantitative estimate of drug-likeness (QED) is 0.891. The van der Waals surface area contributed by atoms with Gasteiger partial charge in [-0.25, -0.2) is 0 Å². The average Bonchev–Trinajstić information content (AvgIpc) is 2.88. The number of hydrogen-bond donors (Lipinski definition) is 1. The molecular formula is C15H19N3O2S. The summed E-state index contributed by atoms with van der Waals surface area (Å²) in [6.45, 7) is 6.57. The Labute approximate surface area is 128 Å². The van der Waals surface area contributed by atoms with E-state index in [1.54, 1.807) is 0 Å². The minimum atomic E-state index is -0.155. The van der Waals surface area contributed by atoms with Crippen LogP contribution in [0.15, 0.2) is 24.3 Å². The van der Waals surface area contributed by atoms with Gasteiger partial charge in [-0.15, -0.1) is 5.10 Å². The summed E-state index contributed by atoms with van der Waals surface area (Å²) in [5.41, 5.74) is 2.05. The smallest absolute Gasteiger partial charge is 0.258 e. The van der Waals surface area contributed by atoms with Crippen LogP contribution in [0.2, 0.25) is 0 Å². The Morgan fingerprint density at radius 2 is 2.24 bits per heavy atom. The summed E-state index contributed by atoms with van der Waals surface area (Å²) >= 11 is 1.29. The summed E-state index contributed by atoms with van der Waals surface area (Å²) < 4.78 is 9.35. The minimum Gasteiger partial charge on any atom is -0.484 e. The molecule has 1 aromatic heterocycles. The molecule has 1 amide bonds. The van der Waals surface area contributed by atoms with Crippen LogP contribution in [0, 0.1) is 6.92 Å². The van der Waals surface area contributed by atoms with Crippen molar-refractivity contribution in [3.63, 3.8) is 0 Å². The van der Waals surface area contributed by atoms with Gasteiger partial charge in [-0.2, -0.15) is 0 Å². The molecule has 0 saturated carbocycles. The number of aryl methyl sites for hydroxylation is 1. The Morgan fingerprint density at radius 1 is 1.43 bits per heavy atom. The Balaban J connectivity index is 1.81. The predicted molar refractivity (Wildman–Crippen MR) is 82.5 cm³/mol. The number of nitrogens with one attached hydrogen (secondary N) is 1. The van der Waals surface area contributed by atoms with Crippen LogP contribution in [0.1, 0.15) is 35.9 Å². The number of benzene rings is 1. The summed E-state index contributed by atoms with van der Waals surface area (Å²) in [5.74, 6) is 0.994. The molecule has 6 heteroatoms. The monoisotopic (exact) mass is 305 g/mol. The molecule has 0 unspecified atom stereocenters. The largest absolute Gasteiger partial charge is 0.484 e. The first-order chi connectivity index (χ1) is 10.1. The molecule has 0 radical (unpaired) electrons. The zero-order chi connectivity index (χ0) is 15.2. The second kappa shape index (κ2) is 7.17. The molecular weight excluding hydrogens is 286 g/mol. The van der Waals surface area contributed by atoms with Crippen molar-refractivity contribution in [1.29, 1.82) is 0 Å². The van der Waals surface area contributed by atoms with Gasteiger partial charge in [0.05, 0.1) is 17.1 Å². The predicted octanol–water partition coefficient (Wildman–Crippen LogP) is 2.67. The second-order valence-electron chi connectivity index (χ2n) is 5.07. The number of hydrogen-bond acceptors (Lipinski definition) is 5. The van der Waals surface area contributed by atoms with Crippen molar-refractivity contribution in [2.24, 2.45) is 0 Å². The van der Waals surface area contributed by atoms with Gasteiger partial charge in [0.2, 0.25) is 0 Å². The van der Waals surface area contributed by atoms with Crippen molar-refractivity contribution >= 4 is 17.4 Å².